The molecule has 0 fully saturated rings. The summed E-state index contributed by atoms with van der Waals surface area (Å²) >= 11 is 0. The van der Waals surface area contributed by atoms with E-state index in [9.17, 15) is 22.0 Å². The Hall–Kier alpha value is 0.523. The molecule has 0 nitrogen and oxygen atoms in total. The van der Waals surface area contributed by atoms with Gasteiger partial charge in [-0.3, -0.25) is 6.58 Å². The van der Waals surface area contributed by atoms with Crippen molar-refractivity contribution < 1.29 is 41.4 Å². The van der Waals surface area contributed by atoms with Gasteiger partial charge in [0.15, 0.2) is 17.5 Å². The first-order valence-corrected chi connectivity index (χ1v) is 19.0. The molecule has 0 unspecified atom stereocenters. The van der Waals surface area contributed by atoms with Crippen molar-refractivity contribution in [2.45, 2.75) is 62.3 Å². The Kier molecular flexibility index (Phi) is 33.5. The molecule has 0 aliphatic rings. The Balaban J connectivity index is -0.000000191. The summed E-state index contributed by atoms with van der Waals surface area (Å²) in [6.07, 6.45) is 13.4. The van der Waals surface area contributed by atoms with Crippen molar-refractivity contribution in [2.75, 3.05) is 55.5 Å². The first kappa shape index (κ1) is 42.6. The second kappa shape index (κ2) is 27.6. The molecule has 1 aromatic rings. The Morgan fingerprint density at radius 1 is 0.457 bits per heavy atom. The van der Waals surface area contributed by atoms with Gasteiger partial charge in [-0.1, -0.05) is 5.56 Å². The quantitative estimate of drug-likeness (QED) is 0.0590. The molecule has 0 saturated heterocycles. The maximum Gasteiger partial charge on any atom is 0.197 e. The largest absolute Gasteiger partial charge is 0.292 e. The number of hydrogen-bond acceptors (Lipinski definition) is 0. The summed E-state index contributed by atoms with van der Waals surface area (Å²) in [5, 5.41) is 0. The van der Waals surface area contributed by atoms with E-state index >= 15 is 0 Å². The van der Waals surface area contributed by atoms with Gasteiger partial charge in [0.1, 0.15) is 0 Å². The Labute approximate surface area is 229 Å². The van der Waals surface area contributed by atoms with E-state index in [1.165, 1.54) is 55.5 Å². The normalized spacial score (nSPS) is 9.97. The van der Waals surface area contributed by atoms with Crippen LogP contribution in [-0.4, -0.2) is 55.5 Å². The average Bonchev–Trinajstić information content (AvgIpc) is 2.86. The SMILES string of the molecule is CC[PH+](CC)CC.CC[PH+](CC)CC.CC[PH+](CC)CC.[CH-]=Cc1c(F)c(F)c(F)c(F)c1F.[Rh]. The molecule has 0 bridgehead atoms. The molecule has 1 rings (SSSR count). The van der Waals surface area contributed by atoms with E-state index in [-0.39, 0.29) is 43.2 Å². The van der Waals surface area contributed by atoms with Crippen molar-refractivity contribution in [2.24, 2.45) is 0 Å². The van der Waals surface area contributed by atoms with Gasteiger partial charge in [-0.2, -0.15) is 0 Å². The average molecular weight is 654 g/mol. The number of benzene rings is 1. The maximum absolute atomic E-state index is 12.6. The zero-order valence-electron chi connectivity index (χ0n) is 23.2. The molecule has 0 aliphatic heterocycles. The Morgan fingerprint density at radius 2 is 0.629 bits per heavy atom. The number of hydrogen-bond donors (Lipinski definition) is 0. The first-order chi connectivity index (χ1) is 16.0. The summed E-state index contributed by atoms with van der Waals surface area (Å²) in [7, 11) is 0.412. The van der Waals surface area contributed by atoms with E-state index in [4.69, 9.17) is 0 Å². The van der Waals surface area contributed by atoms with Gasteiger partial charge in [-0.25, -0.2) is 28.0 Å². The molecule has 0 aromatic heterocycles. The van der Waals surface area contributed by atoms with E-state index in [0.29, 0.717) is 6.08 Å². The van der Waals surface area contributed by atoms with Crippen molar-refractivity contribution in [1.29, 1.82) is 0 Å². The van der Waals surface area contributed by atoms with Gasteiger partial charge in [0.05, 0.1) is 67.1 Å². The summed E-state index contributed by atoms with van der Waals surface area (Å²) in [6, 6.07) is 0. The molecule has 0 atom stereocenters. The van der Waals surface area contributed by atoms with Crippen LogP contribution < -0.4 is 0 Å². The van der Waals surface area contributed by atoms with E-state index in [1.807, 2.05) is 0 Å². The minimum Gasteiger partial charge on any atom is -0.292 e. The second-order valence-corrected chi connectivity index (χ2v) is 18.4. The molecule has 9 heteroatoms. The van der Waals surface area contributed by atoms with Gasteiger partial charge in [0.25, 0.3) is 0 Å². The van der Waals surface area contributed by atoms with Gasteiger partial charge in [0.2, 0.25) is 0 Å². The molecule has 0 heterocycles. The molecular formula is C26H50F5P3Rh+2. The van der Waals surface area contributed by atoms with Gasteiger partial charge in [0, 0.05) is 19.5 Å². The van der Waals surface area contributed by atoms with Gasteiger partial charge < -0.3 is 0 Å². The predicted molar refractivity (Wildman–Crippen MR) is 155 cm³/mol. The van der Waals surface area contributed by atoms with Crippen molar-refractivity contribution in [3.8, 4) is 0 Å². The van der Waals surface area contributed by atoms with Crippen molar-refractivity contribution in [3.63, 3.8) is 0 Å². The maximum atomic E-state index is 12.6. The monoisotopic (exact) mass is 653 g/mol. The summed E-state index contributed by atoms with van der Waals surface area (Å²) in [5.41, 5.74) is -1.13. The van der Waals surface area contributed by atoms with Crippen LogP contribution in [0.25, 0.3) is 6.08 Å². The van der Waals surface area contributed by atoms with Crippen LogP contribution in [0.3, 0.4) is 0 Å². The van der Waals surface area contributed by atoms with Crippen LogP contribution in [0.2, 0.25) is 0 Å². The summed E-state index contributed by atoms with van der Waals surface area (Å²) in [6.45, 7) is 25.4. The minimum atomic E-state index is -2.19. The molecule has 0 spiro atoms. The van der Waals surface area contributed by atoms with Crippen LogP contribution in [-0.2, 0) is 19.5 Å². The van der Waals surface area contributed by atoms with E-state index in [0.717, 1.165) is 0 Å². The van der Waals surface area contributed by atoms with Crippen LogP contribution in [0.5, 0.6) is 0 Å². The molecule has 0 saturated carbocycles. The molecule has 0 N–H and O–H groups in total. The van der Waals surface area contributed by atoms with E-state index < -0.39 is 34.6 Å². The van der Waals surface area contributed by atoms with Crippen LogP contribution in [0, 0.1) is 35.7 Å². The predicted octanol–water partition coefficient (Wildman–Crippen LogP) is 9.61. The summed E-state index contributed by atoms with van der Waals surface area (Å²) in [4.78, 5) is 0. The fraction of sp³-hybridized carbons (Fsp3) is 0.692. The Bertz CT molecular complexity index is 562. The second-order valence-electron chi connectivity index (χ2n) is 7.58. The van der Waals surface area contributed by atoms with Crippen molar-refractivity contribution >= 4 is 29.8 Å². The topological polar surface area (TPSA) is 0 Å². The summed E-state index contributed by atoms with van der Waals surface area (Å²) < 4.78 is 62.2. The third-order valence-electron chi connectivity index (χ3n) is 5.91. The molecular weight excluding hydrogens is 603 g/mol. The van der Waals surface area contributed by atoms with Crippen LogP contribution >= 0.6 is 23.8 Å². The zero-order chi connectivity index (χ0) is 27.3. The van der Waals surface area contributed by atoms with E-state index in [1.54, 1.807) is 0 Å². The van der Waals surface area contributed by atoms with Crippen molar-refractivity contribution in [1.82, 2.24) is 0 Å². The smallest absolute Gasteiger partial charge is 0.197 e. The fourth-order valence-corrected chi connectivity index (χ4v) is 7.52. The van der Waals surface area contributed by atoms with Gasteiger partial charge in [-0.05, 0) is 86.1 Å². The van der Waals surface area contributed by atoms with E-state index in [2.05, 4.69) is 68.9 Å². The van der Waals surface area contributed by atoms with Gasteiger partial charge in [-0.15, -0.1) is 0 Å². The molecule has 0 aliphatic carbocycles. The standard InChI is InChI=1S/C8H2F5.3C6H15P.Rh/c1-2-3-4(9)6(11)8(13)7(12)5(3)10;3*1-4-7(5-2)6-3;/h1-2H;3*4-6H2,1-3H3;/q-1;;;;/p+3. The number of rotatable bonds is 10. The van der Waals surface area contributed by atoms with Crippen LogP contribution in [0.4, 0.5) is 22.0 Å². The molecule has 35 heavy (non-hydrogen) atoms. The molecule has 1 radical (unpaired) electrons. The molecule has 0 amide bonds. The Morgan fingerprint density at radius 3 is 0.743 bits per heavy atom. The zero-order valence-corrected chi connectivity index (χ0v) is 27.9. The molecule has 211 valence electrons. The third kappa shape index (κ3) is 18.4. The van der Waals surface area contributed by atoms with Crippen LogP contribution in [0.15, 0.2) is 0 Å². The third-order valence-corrected chi connectivity index (χ3v) is 14.9. The fourth-order valence-electron chi connectivity index (χ4n) is 3.02. The summed E-state index contributed by atoms with van der Waals surface area (Å²) in [5.74, 6) is -10.1. The molecule has 1 aromatic carbocycles. The van der Waals surface area contributed by atoms with Crippen molar-refractivity contribution in [3.05, 3.63) is 41.2 Å². The van der Waals surface area contributed by atoms with Crippen LogP contribution in [0.1, 0.15) is 67.9 Å². The number of halogens is 5. The first-order valence-electron chi connectivity index (χ1n) is 12.6. The minimum absolute atomic E-state index is 0. The van der Waals surface area contributed by atoms with Gasteiger partial charge >= 0.3 is 0 Å².